The van der Waals surface area contributed by atoms with Crippen molar-refractivity contribution >= 4 is 33.2 Å². The van der Waals surface area contributed by atoms with Crippen LogP contribution in [0.1, 0.15) is 74.4 Å². The van der Waals surface area contributed by atoms with Crippen LogP contribution in [0.25, 0.3) is 0 Å². The Morgan fingerprint density at radius 3 is 2.65 bits per heavy atom. The second-order valence-electron chi connectivity index (χ2n) is 13.4. The van der Waals surface area contributed by atoms with Crippen molar-refractivity contribution in [1.29, 1.82) is 0 Å². The van der Waals surface area contributed by atoms with Gasteiger partial charge in [0.05, 0.1) is 30.3 Å². The average molecular weight is 673 g/mol. The van der Waals surface area contributed by atoms with E-state index in [9.17, 15) is 13.2 Å². The van der Waals surface area contributed by atoms with Crippen LogP contribution in [0.15, 0.2) is 48.6 Å². The van der Waals surface area contributed by atoms with E-state index < -0.39 is 21.2 Å². The van der Waals surface area contributed by atoms with Gasteiger partial charge in [-0.15, -0.1) is 0 Å². The van der Waals surface area contributed by atoms with Crippen LogP contribution in [0.4, 0.5) is 5.69 Å². The summed E-state index contributed by atoms with van der Waals surface area (Å²) in [6, 6.07) is 11.2. The largest absolute Gasteiger partial charge is 0.487 e. The van der Waals surface area contributed by atoms with Gasteiger partial charge in [0.15, 0.2) is 0 Å². The van der Waals surface area contributed by atoms with Crippen molar-refractivity contribution < 1.29 is 27.4 Å². The first-order valence-corrected chi connectivity index (χ1v) is 18.6. The predicted octanol–water partition coefficient (Wildman–Crippen LogP) is 6.80. The Labute approximate surface area is 279 Å². The van der Waals surface area contributed by atoms with Crippen LogP contribution in [-0.2, 0) is 32.5 Å². The molecule has 2 aromatic carbocycles. The van der Waals surface area contributed by atoms with E-state index in [0.29, 0.717) is 54.4 Å². The van der Waals surface area contributed by atoms with Gasteiger partial charge in [-0.2, -0.15) is 0 Å². The molecule has 1 N–H and O–H groups in total. The number of hydrogen-bond donors (Lipinski definition) is 1. The van der Waals surface area contributed by atoms with Crippen LogP contribution in [0.3, 0.4) is 0 Å². The molecule has 0 unspecified atom stereocenters. The molecule has 1 amide bonds. The fourth-order valence-corrected chi connectivity index (χ4v) is 9.49. The van der Waals surface area contributed by atoms with E-state index in [0.717, 1.165) is 56.4 Å². The van der Waals surface area contributed by atoms with Crippen LogP contribution in [0.5, 0.6) is 5.75 Å². The van der Waals surface area contributed by atoms with Crippen molar-refractivity contribution in [2.75, 3.05) is 38.3 Å². The lowest BCUT2D eigenvalue weighted by Gasteiger charge is -2.44. The molecule has 1 saturated carbocycles. The Balaban J connectivity index is 1.55. The molecule has 5 atom stereocenters. The lowest BCUT2D eigenvalue weighted by molar-refractivity contribution is -0.0308. The van der Waals surface area contributed by atoms with Gasteiger partial charge in [0.1, 0.15) is 12.4 Å². The van der Waals surface area contributed by atoms with Gasteiger partial charge < -0.3 is 19.1 Å². The molecule has 2 aromatic rings. The number of methoxy groups -OCH3 is 1. The minimum Gasteiger partial charge on any atom is -0.487 e. The average Bonchev–Trinajstić information content (AvgIpc) is 3.01. The highest BCUT2D eigenvalue weighted by atomic mass is 35.5. The topological polar surface area (TPSA) is 94.2 Å². The lowest BCUT2D eigenvalue weighted by Crippen LogP contribution is -2.45. The third-order valence-corrected chi connectivity index (χ3v) is 12.3. The number of allylic oxidation sites excluding steroid dienone is 1. The van der Waals surface area contributed by atoms with Crippen molar-refractivity contribution in [3.63, 3.8) is 0 Å². The van der Waals surface area contributed by atoms with Crippen molar-refractivity contribution in [3.8, 4) is 5.75 Å². The maximum absolute atomic E-state index is 13.7. The molecule has 1 fully saturated rings. The molecular weight excluding hydrogens is 624 g/mol. The summed E-state index contributed by atoms with van der Waals surface area (Å²) in [5.74, 6) is 0.359. The van der Waals surface area contributed by atoms with Crippen LogP contribution in [-0.4, -0.2) is 59.1 Å². The van der Waals surface area contributed by atoms with Crippen LogP contribution < -0.4 is 14.4 Å². The number of carbonyl (C=O) groups is 1. The van der Waals surface area contributed by atoms with Crippen molar-refractivity contribution in [1.82, 2.24) is 4.72 Å². The fraction of sp³-hybridized carbons (Fsp3) is 0.583. The molecule has 10 heteroatoms. The maximum atomic E-state index is 13.7. The molecule has 2 bridgehead atoms. The number of hydrogen-bond acceptors (Lipinski definition) is 7. The van der Waals surface area contributed by atoms with Crippen molar-refractivity contribution in [2.24, 2.45) is 23.7 Å². The number of anilines is 1. The quantitative estimate of drug-likeness (QED) is 0.276. The number of halogens is 1. The molecule has 0 radical (unpaired) electrons. The normalized spacial score (nSPS) is 27.7. The van der Waals surface area contributed by atoms with Crippen LogP contribution >= 0.6 is 11.6 Å². The van der Waals surface area contributed by atoms with E-state index in [2.05, 4.69) is 21.8 Å². The Bertz CT molecular complexity index is 1500. The summed E-state index contributed by atoms with van der Waals surface area (Å²) >= 11 is 6.35. The number of amides is 1. The lowest BCUT2D eigenvalue weighted by atomic mass is 9.70. The Morgan fingerprint density at radius 2 is 1.91 bits per heavy atom. The predicted molar refractivity (Wildman–Crippen MR) is 183 cm³/mol. The fourth-order valence-electron chi connectivity index (χ4n) is 7.34. The smallest absolute Gasteiger partial charge is 0.264 e. The molecular formula is C36H49ClN2O6S. The van der Waals surface area contributed by atoms with E-state index in [1.54, 1.807) is 25.3 Å². The third kappa shape index (κ3) is 8.27. The highest BCUT2D eigenvalue weighted by molar-refractivity contribution is 7.90. The summed E-state index contributed by atoms with van der Waals surface area (Å²) in [4.78, 5) is 15.9. The minimum atomic E-state index is -3.97. The van der Waals surface area contributed by atoms with Crippen molar-refractivity contribution in [3.05, 3.63) is 70.3 Å². The molecule has 0 aromatic heterocycles. The van der Waals surface area contributed by atoms with Gasteiger partial charge in [0.2, 0.25) is 10.0 Å². The minimum absolute atomic E-state index is 0.0898. The second-order valence-corrected chi connectivity index (χ2v) is 15.7. The van der Waals surface area contributed by atoms with E-state index in [4.69, 9.17) is 25.8 Å². The van der Waals surface area contributed by atoms with Gasteiger partial charge in [-0.3, -0.25) is 4.79 Å². The maximum Gasteiger partial charge on any atom is 0.264 e. The zero-order chi connectivity index (χ0) is 32.8. The third-order valence-electron chi connectivity index (χ3n) is 9.83. The van der Waals surface area contributed by atoms with Gasteiger partial charge in [-0.05, 0) is 104 Å². The number of benzene rings is 2. The highest BCUT2D eigenvalue weighted by Gasteiger charge is 2.39. The number of aryl methyl sites for hydroxylation is 1. The summed E-state index contributed by atoms with van der Waals surface area (Å²) in [5.41, 5.74) is 3.37. The number of carbonyl (C=O) groups excluding carboxylic acids is 1. The number of nitrogens with zero attached hydrogens (tertiary/aromatic N) is 1. The Hall–Kier alpha value is -2.59. The zero-order valence-corrected chi connectivity index (χ0v) is 29.1. The van der Waals surface area contributed by atoms with Gasteiger partial charge in [-0.25, -0.2) is 13.1 Å². The van der Waals surface area contributed by atoms with Crippen molar-refractivity contribution in [2.45, 2.75) is 77.3 Å². The summed E-state index contributed by atoms with van der Waals surface area (Å²) in [7, 11) is -2.30. The standard InChI is InChI=1S/C36H49ClN2O6S/c1-24(2)35-25(3)8-7-10-33(44-19-18-43-4)31-15-12-28(31)22-39-17-6-5-9-26-20-30(37)14-11-29(26)23-45-34-16-13-27(21-32(34)39)36(40)38-46(35,41)42/h7,10-11,13-14,16,20-21,24-25,28,31,33,35H,5-6,8-9,12,15,17-19,22-23H2,1-4H3,(H,38,40)/b10-7+/t25-,28+,31-,33+,35-/m1/s1. The first-order valence-electron chi connectivity index (χ1n) is 16.7. The van der Waals surface area contributed by atoms with Gasteiger partial charge in [0, 0.05) is 30.8 Å². The highest BCUT2D eigenvalue weighted by Crippen LogP contribution is 2.42. The van der Waals surface area contributed by atoms with Crippen LogP contribution in [0, 0.1) is 23.7 Å². The SMILES string of the molecule is COCCO[C@H]1/C=C/C[C@@H](C)[C@@H](C(C)C)S(=O)(=O)NC(=O)c2ccc3c(c2)N(CCCCc2cc(Cl)ccc2CO3)C[C@@H]2CC[C@H]21. The number of rotatable bonds is 5. The molecule has 1 aliphatic carbocycles. The first-order chi connectivity index (χ1) is 22.1. The zero-order valence-electron chi connectivity index (χ0n) is 27.5. The molecule has 0 saturated heterocycles. The van der Waals surface area contributed by atoms with E-state index in [-0.39, 0.29) is 17.9 Å². The summed E-state index contributed by atoms with van der Waals surface area (Å²) in [5, 5.41) is -0.0290. The van der Waals surface area contributed by atoms with Gasteiger partial charge in [-0.1, -0.05) is 50.6 Å². The number of fused-ring (bicyclic) bond motifs is 3. The molecule has 5 rings (SSSR count). The molecule has 252 valence electrons. The van der Waals surface area contributed by atoms with Gasteiger partial charge in [0.25, 0.3) is 5.91 Å². The summed E-state index contributed by atoms with van der Waals surface area (Å²) in [6.07, 6.45) is 9.63. The number of nitrogens with one attached hydrogen (secondary N) is 1. The first kappa shape index (κ1) is 34.7. The van der Waals surface area contributed by atoms with E-state index in [1.165, 1.54) is 5.56 Å². The number of sulfonamides is 1. The Kier molecular flexibility index (Phi) is 11.7. The molecule has 3 aliphatic rings. The summed E-state index contributed by atoms with van der Waals surface area (Å²) < 4.78 is 48.0. The molecule has 0 spiro atoms. The molecule has 2 heterocycles. The van der Waals surface area contributed by atoms with E-state index in [1.807, 2.05) is 39.0 Å². The monoisotopic (exact) mass is 672 g/mol. The Morgan fingerprint density at radius 1 is 1.09 bits per heavy atom. The van der Waals surface area contributed by atoms with Crippen LogP contribution in [0.2, 0.25) is 5.02 Å². The number of ether oxygens (including phenoxy) is 3. The second kappa shape index (κ2) is 15.5. The summed E-state index contributed by atoms with van der Waals surface area (Å²) in [6.45, 7) is 8.66. The van der Waals surface area contributed by atoms with E-state index >= 15 is 0 Å². The molecule has 8 nitrogen and oxygen atoms in total. The molecule has 46 heavy (non-hydrogen) atoms. The molecule has 2 aliphatic heterocycles. The van der Waals surface area contributed by atoms with Gasteiger partial charge >= 0.3 is 0 Å².